The number of pyridine rings is 1. The maximum absolute atomic E-state index is 10.6. The first kappa shape index (κ1) is 36.8. The molecule has 1 aromatic rings. The maximum Gasteiger partial charge on any atom is 0.490 e. The maximum atomic E-state index is 10.6. The van der Waals surface area contributed by atoms with E-state index >= 15 is 0 Å². The molecule has 9 nitrogen and oxygen atoms in total. The highest BCUT2D eigenvalue weighted by Gasteiger charge is 2.43. The van der Waals surface area contributed by atoms with E-state index in [1.807, 2.05) is 6.20 Å². The minimum Gasteiger partial charge on any atom is -0.475 e. The van der Waals surface area contributed by atoms with Gasteiger partial charge in [0.05, 0.1) is 5.69 Å². The van der Waals surface area contributed by atoms with Crippen molar-refractivity contribution in [2.24, 2.45) is 0 Å². The van der Waals surface area contributed by atoms with Crippen LogP contribution < -0.4 is 0 Å². The predicted octanol–water partition coefficient (Wildman–Crippen LogP) is 4.17. The van der Waals surface area contributed by atoms with Gasteiger partial charge in [0.2, 0.25) is 0 Å². The van der Waals surface area contributed by atoms with Gasteiger partial charge in [-0.25, -0.2) is 14.4 Å². The minimum atomic E-state index is -5.08. The minimum absolute atomic E-state index is 0.301. The molecule has 1 aromatic heterocycles. The summed E-state index contributed by atoms with van der Waals surface area (Å²) < 4.78 is 95.2. The zero-order valence-corrected chi connectivity index (χ0v) is 21.4. The van der Waals surface area contributed by atoms with E-state index in [0.717, 1.165) is 6.54 Å². The molecule has 1 spiro atoms. The highest BCUT2D eigenvalue weighted by Crippen LogP contribution is 2.40. The first-order valence-corrected chi connectivity index (χ1v) is 11.2. The van der Waals surface area contributed by atoms with Crippen molar-refractivity contribution in [2.45, 2.75) is 63.2 Å². The third-order valence-electron chi connectivity index (χ3n) is 5.62. The number of aromatic nitrogens is 1. The molecular formula is C22H28F9N3O6. The summed E-state index contributed by atoms with van der Waals surface area (Å²) in [5.74, 6) is -8.27. The molecule has 2 aliphatic rings. The Morgan fingerprint density at radius 3 is 1.55 bits per heavy atom. The SMILES string of the molecule is CC(C)N1CCC2(CC1)CN(C)Cc1cccnc12.O=C(O)C(F)(F)F.O=C(O)C(F)(F)F.O=C(O)C(F)(F)F. The summed E-state index contributed by atoms with van der Waals surface area (Å²) in [6.45, 7) is 9.25. The van der Waals surface area contributed by atoms with Gasteiger partial charge in [0.1, 0.15) is 0 Å². The fraction of sp³-hybridized carbons (Fsp3) is 0.636. The zero-order chi connectivity index (χ0) is 31.7. The predicted molar refractivity (Wildman–Crippen MR) is 119 cm³/mol. The van der Waals surface area contributed by atoms with E-state index < -0.39 is 36.4 Å². The number of carbonyl (C=O) groups is 3. The molecule has 230 valence electrons. The van der Waals surface area contributed by atoms with Crippen LogP contribution in [0.3, 0.4) is 0 Å². The molecule has 1 fully saturated rings. The van der Waals surface area contributed by atoms with Crippen LogP contribution in [0, 0.1) is 0 Å². The molecular weight excluding hydrogens is 573 g/mol. The first-order chi connectivity index (χ1) is 17.9. The lowest BCUT2D eigenvalue weighted by Crippen LogP contribution is -2.52. The van der Waals surface area contributed by atoms with Gasteiger partial charge in [-0.3, -0.25) is 4.98 Å². The van der Waals surface area contributed by atoms with E-state index in [4.69, 9.17) is 34.7 Å². The van der Waals surface area contributed by atoms with Gasteiger partial charge in [0.15, 0.2) is 0 Å². The molecule has 18 heteroatoms. The quantitative estimate of drug-likeness (QED) is 0.406. The highest BCUT2D eigenvalue weighted by molar-refractivity contribution is 5.73. The van der Waals surface area contributed by atoms with E-state index in [-0.39, 0.29) is 0 Å². The summed E-state index contributed by atoms with van der Waals surface area (Å²) in [6, 6.07) is 5.01. The molecule has 3 rings (SSSR count). The van der Waals surface area contributed by atoms with Gasteiger partial charge in [-0.2, -0.15) is 39.5 Å². The monoisotopic (exact) mass is 601 g/mol. The van der Waals surface area contributed by atoms with Gasteiger partial charge >= 0.3 is 36.4 Å². The standard InChI is InChI=1S/C16H25N3.3C2HF3O2/c1-13(2)19-9-6-16(7-10-19)12-18(3)11-14-5-4-8-17-15(14)16;3*3-2(4,5)1(6)7/h4-5,8,13H,6-7,9-12H2,1-3H3;3*(H,6,7). The van der Waals surface area contributed by atoms with Gasteiger partial charge in [-0.15, -0.1) is 0 Å². The average Bonchev–Trinajstić information content (AvgIpc) is 2.78. The average molecular weight is 601 g/mol. The molecule has 0 saturated carbocycles. The van der Waals surface area contributed by atoms with Crippen molar-refractivity contribution in [3.63, 3.8) is 0 Å². The van der Waals surface area contributed by atoms with Crippen LogP contribution in [0.2, 0.25) is 0 Å². The van der Waals surface area contributed by atoms with E-state index in [1.165, 1.54) is 43.7 Å². The summed E-state index contributed by atoms with van der Waals surface area (Å²) in [5.41, 5.74) is 3.13. The molecule has 0 radical (unpaired) electrons. The van der Waals surface area contributed by atoms with Crippen LogP contribution in [0.4, 0.5) is 39.5 Å². The van der Waals surface area contributed by atoms with Crippen molar-refractivity contribution in [1.29, 1.82) is 0 Å². The Morgan fingerprint density at radius 2 is 1.23 bits per heavy atom. The van der Waals surface area contributed by atoms with Crippen molar-refractivity contribution in [2.75, 3.05) is 26.7 Å². The normalized spacial score (nSPS) is 17.2. The van der Waals surface area contributed by atoms with Crippen LogP contribution in [0.1, 0.15) is 37.9 Å². The van der Waals surface area contributed by atoms with Gasteiger partial charge < -0.3 is 25.1 Å². The summed E-state index contributed by atoms with van der Waals surface area (Å²) >= 11 is 0. The van der Waals surface area contributed by atoms with Gasteiger partial charge in [0, 0.05) is 30.7 Å². The number of hydrogen-bond acceptors (Lipinski definition) is 6. The fourth-order valence-electron chi connectivity index (χ4n) is 3.85. The van der Waals surface area contributed by atoms with Gasteiger partial charge in [0.25, 0.3) is 0 Å². The molecule has 2 aliphatic heterocycles. The number of halogens is 9. The number of rotatable bonds is 1. The number of piperidine rings is 1. The van der Waals surface area contributed by atoms with E-state index in [1.54, 1.807) is 0 Å². The third kappa shape index (κ3) is 12.4. The number of hydrogen-bond donors (Lipinski definition) is 3. The molecule has 0 unspecified atom stereocenters. The van der Waals surface area contributed by atoms with E-state index in [9.17, 15) is 39.5 Å². The first-order valence-electron chi connectivity index (χ1n) is 11.2. The number of likely N-dealkylation sites (N-methyl/N-ethyl adjacent to an activating group) is 1. The van der Waals surface area contributed by atoms with Crippen molar-refractivity contribution in [1.82, 2.24) is 14.8 Å². The van der Waals surface area contributed by atoms with E-state index in [0.29, 0.717) is 11.5 Å². The van der Waals surface area contributed by atoms with Crippen LogP contribution in [-0.4, -0.2) is 99.3 Å². The summed E-state index contributed by atoms with van der Waals surface area (Å²) in [7, 11) is 2.24. The second-order valence-electron chi connectivity index (χ2n) is 9.00. The Kier molecular flexibility index (Phi) is 13.3. The van der Waals surface area contributed by atoms with Gasteiger partial charge in [-0.1, -0.05) is 6.07 Å². The van der Waals surface area contributed by atoms with Crippen LogP contribution in [0.5, 0.6) is 0 Å². The Balaban J connectivity index is 0.000000603. The van der Waals surface area contributed by atoms with Crippen LogP contribution in [-0.2, 0) is 26.3 Å². The Hall–Kier alpha value is -3.15. The largest absolute Gasteiger partial charge is 0.490 e. The summed E-state index contributed by atoms with van der Waals surface area (Å²) in [4.78, 5) is 36.5. The number of carboxylic acid groups (broad SMARTS) is 3. The van der Waals surface area contributed by atoms with Crippen molar-refractivity contribution in [3.8, 4) is 0 Å². The number of carboxylic acids is 3. The molecule has 1 saturated heterocycles. The Bertz CT molecular complexity index is 932. The lowest BCUT2D eigenvalue weighted by Gasteiger charge is -2.47. The van der Waals surface area contributed by atoms with Crippen molar-refractivity contribution < 1.29 is 69.2 Å². The third-order valence-corrected chi connectivity index (χ3v) is 5.62. The van der Waals surface area contributed by atoms with E-state index in [2.05, 4.69) is 42.8 Å². The Morgan fingerprint density at radius 1 is 0.850 bits per heavy atom. The lowest BCUT2D eigenvalue weighted by molar-refractivity contribution is -0.193. The molecule has 3 N–H and O–H groups in total. The highest BCUT2D eigenvalue weighted by atomic mass is 19.4. The molecule has 3 heterocycles. The fourth-order valence-corrected chi connectivity index (χ4v) is 3.85. The second-order valence-corrected chi connectivity index (χ2v) is 9.00. The Labute approximate surface area is 222 Å². The molecule has 40 heavy (non-hydrogen) atoms. The number of likely N-dealkylation sites (tertiary alicyclic amines) is 1. The van der Waals surface area contributed by atoms with Crippen molar-refractivity contribution >= 4 is 17.9 Å². The topological polar surface area (TPSA) is 131 Å². The number of aliphatic carboxylic acids is 3. The van der Waals surface area contributed by atoms with Crippen LogP contribution in [0.15, 0.2) is 18.3 Å². The molecule has 0 aliphatic carbocycles. The number of fused-ring (bicyclic) bond motifs is 2. The number of alkyl halides is 9. The summed E-state index contributed by atoms with van der Waals surface area (Å²) in [6.07, 6.45) is -10.8. The van der Waals surface area contributed by atoms with Crippen LogP contribution >= 0.6 is 0 Å². The number of nitrogens with zero attached hydrogens (tertiary/aromatic N) is 3. The second kappa shape index (κ2) is 14.5. The van der Waals surface area contributed by atoms with Crippen molar-refractivity contribution in [3.05, 3.63) is 29.6 Å². The lowest BCUT2D eigenvalue weighted by atomic mass is 9.71. The zero-order valence-electron chi connectivity index (χ0n) is 21.4. The molecule has 0 atom stereocenters. The molecule has 0 amide bonds. The van der Waals surface area contributed by atoms with Gasteiger partial charge in [-0.05, 0) is 58.5 Å². The molecule has 0 bridgehead atoms. The van der Waals surface area contributed by atoms with Crippen LogP contribution in [0.25, 0.3) is 0 Å². The molecule has 0 aromatic carbocycles. The smallest absolute Gasteiger partial charge is 0.475 e. The summed E-state index contributed by atoms with van der Waals surface area (Å²) in [5, 5.41) is 21.4.